The van der Waals surface area contributed by atoms with Crippen molar-refractivity contribution in [3.05, 3.63) is 24.3 Å². The van der Waals surface area contributed by atoms with Gasteiger partial charge in [0.25, 0.3) is 5.91 Å². The standard InChI is InChI=1S/C14H21N3O4.ClH/c1-15-14(19)10-21-12-5-3-11(4-6-12)17-13(18)9-16-7-8-20-2;/h3-6,16H,7-10H2,1-2H3,(H,15,19)(H,17,18);1H. The number of carbonyl (C=O) groups is 2. The van der Waals surface area contributed by atoms with Gasteiger partial charge in [-0.15, -0.1) is 12.4 Å². The number of anilines is 1. The van der Waals surface area contributed by atoms with E-state index in [1.54, 1.807) is 38.4 Å². The molecule has 0 radical (unpaired) electrons. The summed E-state index contributed by atoms with van der Waals surface area (Å²) in [4.78, 5) is 22.7. The molecule has 1 aromatic rings. The van der Waals surface area contributed by atoms with Crippen molar-refractivity contribution in [3.63, 3.8) is 0 Å². The van der Waals surface area contributed by atoms with Crippen molar-refractivity contribution in [2.75, 3.05) is 45.8 Å². The molecule has 0 saturated heterocycles. The molecule has 0 aliphatic carbocycles. The first-order chi connectivity index (χ1) is 10.2. The molecule has 1 aromatic carbocycles. The third-order valence-electron chi connectivity index (χ3n) is 2.56. The van der Waals surface area contributed by atoms with Crippen LogP contribution in [0.3, 0.4) is 0 Å². The number of hydrogen-bond acceptors (Lipinski definition) is 5. The lowest BCUT2D eigenvalue weighted by atomic mass is 10.3. The zero-order valence-corrected chi connectivity index (χ0v) is 13.5. The molecule has 124 valence electrons. The Labute approximate surface area is 136 Å². The van der Waals surface area contributed by atoms with Crippen molar-refractivity contribution in [3.8, 4) is 5.75 Å². The Bertz CT molecular complexity index is 454. The molecule has 0 heterocycles. The van der Waals surface area contributed by atoms with Crippen molar-refractivity contribution in [2.45, 2.75) is 0 Å². The number of methoxy groups -OCH3 is 1. The van der Waals surface area contributed by atoms with Crippen LogP contribution >= 0.6 is 12.4 Å². The van der Waals surface area contributed by atoms with Crippen molar-refractivity contribution in [2.24, 2.45) is 0 Å². The highest BCUT2D eigenvalue weighted by atomic mass is 35.5. The number of ether oxygens (including phenoxy) is 2. The van der Waals surface area contributed by atoms with E-state index in [2.05, 4.69) is 16.0 Å². The molecule has 22 heavy (non-hydrogen) atoms. The Morgan fingerprint density at radius 2 is 1.82 bits per heavy atom. The fourth-order valence-electron chi connectivity index (χ4n) is 1.44. The Hall–Kier alpha value is -1.83. The van der Waals surface area contributed by atoms with Crippen LogP contribution in [0.1, 0.15) is 0 Å². The van der Waals surface area contributed by atoms with Crippen molar-refractivity contribution >= 4 is 29.9 Å². The van der Waals surface area contributed by atoms with Crippen LogP contribution in [0.4, 0.5) is 5.69 Å². The van der Waals surface area contributed by atoms with E-state index in [4.69, 9.17) is 9.47 Å². The van der Waals surface area contributed by atoms with Crippen LogP contribution in [0, 0.1) is 0 Å². The Kier molecular flexibility index (Phi) is 10.8. The van der Waals surface area contributed by atoms with Gasteiger partial charge >= 0.3 is 0 Å². The molecule has 0 unspecified atom stereocenters. The van der Waals surface area contributed by atoms with E-state index in [0.717, 1.165) is 0 Å². The molecule has 0 bridgehead atoms. The SMILES string of the molecule is CNC(=O)COc1ccc(NC(=O)CNCCOC)cc1.Cl. The van der Waals surface area contributed by atoms with Crippen LogP contribution in [0.2, 0.25) is 0 Å². The Morgan fingerprint density at radius 1 is 1.14 bits per heavy atom. The first-order valence-corrected chi connectivity index (χ1v) is 6.58. The quantitative estimate of drug-likeness (QED) is 0.570. The molecule has 0 fully saturated rings. The molecule has 8 heteroatoms. The van der Waals surface area contributed by atoms with Gasteiger partial charge in [-0.05, 0) is 24.3 Å². The second-order valence-electron chi connectivity index (χ2n) is 4.20. The monoisotopic (exact) mass is 331 g/mol. The summed E-state index contributed by atoms with van der Waals surface area (Å²) >= 11 is 0. The number of amides is 2. The lowest BCUT2D eigenvalue weighted by Crippen LogP contribution is -2.30. The van der Waals surface area contributed by atoms with E-state index in [0.29, 0.717) is 24.6 Å². The Balaban J connectivity index is 0.00000441. The van der Waals surface area contributed by atoms with Crippen molar-refractivity contribution < 1.29 is 19.1 Å². The van der Waals surface area contributed by atoms with Crippen LogP contribution in [0.15, 0.2) is 24.3 Å². The molecular formula is C14H22ClN3O4. The molecule has 1 rings (SSSR count). The van der Waals surface area contributed by atoms with E-state index in [-0.39, 0.29) is 37.4 Å². The maximum Gasteiger partial charge on any atom is 0.257 e. The van der Waals surface area contributed by atoms with Crippen molar-refractivity contribution in [1.82, 2.24) is 10.6 Å². The second kappa shape index (κ2) is 11.8. The molecule has 7 nitrogen and oxygen atoms in total. The van der Waals surface area contributed by atoms with Gasteiger partial charge in [0.15, 0.2) is 6.61 Å². The summed E-state index contributed by atoms with van der Waals surface area (Å²) in [7, 11) is 3.15. The summed E-state index contributed by atoms with van der Waals surface area (Å²) in [5.74, 6) is 0.231. The largest absolute Gasteiger partial charge is 0.484 e. The number of halogens is 1. The topological polar surface area (TPSA) is 88.7 Å². The summed E-state index contributed by atoms with van der Waals surface area (Å²) in [6, 6.07) is 6.81. The zero-order chi connectivity index (χ0) is 15.5. The van der Waals surface area contributed by atoms with Gasteiger partial charge in [0, 0.05) is 26.4 Å². The van der Waals surface area contributed by atoms with Crippen LogP contribution in [-0.2, 0) is 14.3 Å². The van der Waals surface area contributed by atoms with Gasteiger partial charge in [0.05, 0.1) is 13.2 Å². The van der Waals surface area contributed by atoms with Crippen LogP contribution in [0.5, 0.6) is 5.75 Å². The lowest BCUT2D eigenvalue weighted by molar-refractivity contribution is -0.122. The van der Waals surface area contributed by atoms with E-state index < -0.39 is 0 Å². The zero-order valence-electron chi connectivity index (χ0n) is 12.7. The lowest BCUT2D eigenvalue weighted by Gasteiger charge is -2.08. The first-order valence-electron chi connectivity index (χ1n) is 6.58. The average molecular weight is 332 g/mol. The number of benzene rings is 1. The smallest absolute Gasteiger partial charge is 0.257 e. The number of carbonyl (C=O) groups excluding carboxylic acids is 2. The summed E-state index contributed by atoms with van der Waals surface area (Å²) in [6.45, 7) is 1.37. The van der Waals surface area contributed by atoms with Crippen LogP contribution < -0.4 is 20.7 Å². The molecule has 0 aliphatic heterocycles. The molecule has 0 atom stereocenters. The molecular weight excluding hydrogens is 310 g/mol. The minimum absolute atomic E-state index is 0. The molecule has 2 amide bonds. The van der Waals surface area contributed by atoms with E-state index in [1.807, 2.05) is 0 Å². The molecule has 0 aromatic heterocycles. The second-order valence-corrected chi connectivity index (χ2v) is 4.20. The van der Waals surface area contributed by atoms with Gasteiger partial charge < -0.3 is 25.4 Å². The van der Waals surface area contributed by atoms with Gasteiger partial charge in [0.1, 0.15) is 5.75 Å². The first kappa shape index (κ1) is 20.2. The normalized spacial score (nSPS) is 9.55. The third kappa shape index (κ3) is 8.46. The minimum Gasteiger partial charge on any atom is -0.484 e. The fourth-order valence-corrected chi connectivity index (χ4v) is 1.44. The average Bonchev–Trinajstić information content (AvgIpc) is 2.50. The van der Waals surface area contributed by atoms with E-state index >= 15 is 0 Å². The number of nitrogens with one attached hydrogen (secondary N) is 3. The number of hydrogen-bond donors (Lipinski definition) is 3. The molecule has 0 saturated carbocycles. The van der Waals surface area contributed by atoms with Gasteiger partial charge in [0.2, 0.25) is 5.91 Å². The van der Waals surface area contributed by atoms with Gasteiger partial charge in [-0.3, -0.25) is 9.59 Å². The third-order valence-corrected chi connectivity index (χ3v) is 2.56. The Morgan fingerprint density at radius 3 is 2.41 bits per heavy atom. The fraction of sp³-hybridized carbons (Fsp3) is 0.429. The molecule has 0 spiro atoms. The van der Waals surface area contributed by atoms with E-state index in [9.17, 15) is 9.59 Å². The van der Waals surface area contributed by atoms with Gasteiger partial charge in [-0.25, -0.2) is 0 Å². The minimum atomic E-state index is -0.200. The highest BCUT2D eigenvalue weighted by Gasteiger charge is 2.03. The molecule has 0 aliphatic rings. The van der Waals surface area contributed by atoms with Crippen molar-refractivity contribution in [1.29, 1.82) is 0 Å². The number of rotatable bonds is 9. The van der Waals surface area contributed by atoms with Crippen LogP contribution in [0.25, 0.3) is 0 Å². The van der Waals surface area contributed by atoms with Gasteiger partial charge in [-0.2, -0.15) is 0 Å². The maximum absolute atomic E-state index is 11.6. The summed E-state index contributed by atoms with van der Waals surface area (Å²) in [5.41, 5.74) is 0.667. The maximum atomic E-state index is 11.6. The predicted octanol–water partition coefficient (Wildman–Crippen LogP) is 0.408. The highest BCUT2D eigenvalue weighted by Crippen LogP contribution is 2.15. The highest BCUT2D eigenvalue weighted by molar-refractivity contribution is 5.92. The van der Waals surface area contributed by atoms with Crippen LogP contribution in [-0.4, -0.2) is 52.3 Å². The van der Waals surface area contributed by atoms with E-state index in [1.165, 1.54) is 0 Å². The summed E-state index contributed by atoms with van der Waals surface area (Å²) in [6.07, 6.45) is 0. The molecule has 3 N–H and O–H groups in total. The summed E-state index contributed by atoms with van der Waals surface area (Å²) in [5, 5.41) is 8.16. The summed E-state index contributed by atoms with van der Waals surface area (Å²) < 4.78 is 10.1. The number of likely N-dealkylation sites (N-methyl/N-ethyl adjacent to an activating group) is 1. The van der Waals surface area contributed by atoms with Gasteiger partial charge in [-0.1, -0.05) is 0 Å². The predicted molar refractivity (Wildman–Crippen MR) is 86.6 cm³/mol.